The van der Waals surface area contributed by atoms with Crippen molar-refractivity contribution >= 4 is 27.3 Å². The molecule has 3 rings (SSSR count). The molecule has 0 spiro atoms. The Balaban J connectivity index is 1.81. The number of aryl methyl sites for hydroxylation is 1. The van der Waals surface area contributed by atoms with Crippen LogP contribution in [0.1, 0.15) is 38.7 Å². The summed E-state index contributed by atoms with van der Waals surface area (Å²) < 4.78 is 38.8. The number of nitro groups is 1. The molecule has 34 heavy (non-hydrogen) atoms. The van der Waals surface area contributed by atoms with E-state index in [9.17, 15) is 23.3 Å². The van der Waals surface area contributed by atoms with Crippen molar-refractivity contribution in [2.24, 2.45) is 0 Å². The summed E-state index contributed by atoms with van der Waals surface area (Å²) in [6, 6.07) is 8.71. The van der Waals surface area contributed by atoms with Crippen LogP contribution in [0.25, 0.3) is 0 Å². The lowest BCUT2D eigenvalue weighted by molar-refractivity contribution is -0.385. The molecule has 0 atom stereocenters. The van der Waals surface area contributed by atoms with E-state index in [2.05, 4.69) is 5.32 Å². The van der Waals surface area contributed by atoms with Crippen molar-refractivity contribution in [3.05, 3.63) is 52.1 Å². The Kier molecular flexibility index (Phi) is 8.11. The Labute approximate surface area is 199 Å². The largest absolute Gasteiger partial charge is 0.489 e. The highest BCUT2D eigenvalue weighted by molar-refractivity contribution is 7.89. The van der Waals surface area contributed by atoms with Crippen molar-refractivity contribution in [1.82, 2.24) is 4.31 Å². The van der Waals surface area contributed by atoms with Crippen molar-refractivity contribution in [1.29, 1.82) is 0 Å². The van der Waals surface area contributed by atoms with Gasteiger partial charge in [0.1, 0.15) is 5.75 Å². The molecule has 2 aromatic carbocycles. The highest BCUT2D eigenvalue weighted by Crippen LogP contribution is 2.31. The van der Waals surface area contributed by atoms with Crippen LogP contribution in [0.15, 0.2) is 41.3 Å². The maximum atomic E-state index is 13.1. The Morgan fingerprint density at radius 1 is 1.12 bits per heavy atom. The summed E-state index contributed by atoms with van der Waals surface area (Å²) in [6.07, 6.45) is 2.39. The second-order valence-electron chi connectivity index (χ2n) is 8.35. The van der Waals surface area contributed by atoms with Crippen molar-refractivity contribution in [2.75, 3.05) is 25.0 Å². The van der Waals surface area contributed by atoms with Gasteiger partial charge in [-0.3, -0.25) is 14.9 Å². The number of sulfonamides is 1. The first-order chi connectivity index (χ1) is 16.1. The molecule has 1 N–H and O–H groups in total. The number of piperidine rings is 1. The van der Waals surface area contributed by atoms with E-state index in [1.165, 1.54) is 34.6 Å². The van der Waals surface area contributed by atoms with Crippen LogP contribution >= 0.6 is 0 Å². The molecule has 0 bridgehead atoms. The van der Waals surface area contributed by atoms with Gasteiger partial charge in [0.2, 0.25) is 10.0 Å². The molecule has 0 aromatic heterocycles. The number of nitro benzene ring substituents is 1. The van der Waals surface area contributed by atoms with Gasteiger partial charge in [0, 0.05) is 19.2 Å². The zero-order chi connectivity index (χ0) is 24.9. The van der Waals surface area contributed by atoms with E-state index in [-0.39, 0.29) is 28.1 Å². The molecule has 0 radical (unpaired) electrons. The smallest absolute Gasteiger partial charge is 0.310 e. The van der Waals surface area contributed by atoms with Gasteiger partial charge in [0.25, 0.3) is 5.91 Å². The lowest BCUT2D eigenvalue weighted by atomic mass is 10.2. The molecule has 2 aromatic rings. The number of nitrogens with zero attached hydrogens (tertiary/aromatic N) is 2. The van der Waals surface area contributed by atoms with E-state index in [4.69, 9.17) is 9.47 Å². The minimum atomic E-state index is -3.72. The van der Waals surface area contributed by atoms with Crippen LogP contribution in [-0.4, -0.2) is 49.4 Å². The summed E-state index contributed by atoms with van der Waals surface area (Å²) in [6.45, 7) is 5.78. The van der Waals surface area contributed by atoms with E-state index in [0.29, 0.717) is 18.8 Å². The number of nitrogens with one attached hydrogen (secondary N) is 1. The molecule has 0 aliphatic carbocycles. The minimum absolute atomic E-state index is 0.0276. The Morgan fingerprint density at radius 2 is 1.82 bits per heavy atom. The molecular weight excluding hydrogens is 462 g/mol. The zero-order valence-electron chi connectivity index (χ0n) is 19.4. The van der Waals surface area contributed by atoms with Crippen LogP contribution in [0.5, 0.6) is 11.5 Å². The Hall–Kier alpha value is -3.18. The molecule has 11 heteroatoms. The third kappa shape index (κ3) is 6.23. The third-order valence-corrected chi connectivity index (χ3v) is 7.11. The maximum Gasteiger partial charge on any atom is 0.310 e. The van der Waals surface area contributed by atoms with Gasteiger partial charge in [-0.25, -0.2) is 8.42 Å². The molecule has 184 valence electrons. The van der Waals surface area contributed by atoms with Crippen molar-refractivity contribution < 1.29 is 27.6 Å². The van der Waals surface area contributed by atoms with E-state index >= 15 is 0 Å². The molecule has 1 saturated heterocycles. The van der Waals surface area contributed by atoms with Gasteiger partial charge in [-0.2, -0.15) is 4.31 Å². The maximum absolute atomic E-state index is 13.1. The van der Waals surface area contributed by atoms with Gasteiger partial charge in [0.15, 0.2) is 12.4 Å². The Bertz CT molecular complexity index is 1160. The van der Waals surface area contributed by atoms with E-state index in [1.54, 1.807) is 13.0 Å². The first-order valence-electron chi connectivity index (χ1n) is 11.1. The monoisotopic (exact) mass is 491 g/mol. The fraction of sp³-hybridized carbons (Fsp3) is 0.435. The predicted octanol–water partition coefficient (Wildman–Crippen LogP) is 3.88. The molecule has 1 aliphatic rings. The Morgan fingerprint density at radius 3 is 2.47 bits per heavy atom. The van der Waals surface area contributed by atoms with E-state index in [0.717, 1.165) is 24.8 Å². The number of benzene rings is 2. The quantitative estimate of drug-likeness (QED) is 0.416. The first kappa shape index (κ1) is 25.4. The third-order valence-electron chi connectivity index (χ3n) is 5.21. The summed E-state index contributed by atoms with van der Waals surface area (Å²) >= 11 is 0. The zero-order valence-corrected chi connectivity index (χ0v) is 20.3. The van der Waals surface area contributed by atoms with Crippen LogP contribution < -0.4 is 14.8 Å². The van der Waals surface area contributed by atoms with Gasteiger partial charge in [-0.1, -0.05) is 12.5 Å². The molecule has 0 saturated carbocycles. The summed E-state index contributed by atoms with van der Waals surface area (Å²) in [5.74, 6) is -0.334. The van der Waals surface area contributed by atoms with Crippen LogP contribution in [-0.2, 0) is 14.8 Å². The van der Waals surface area contributed by atoms with Crippen LogP contribution in [0.2, 0.25) is 0 Å². The normalized spacial score (nSPS) is 14.6. The number of hydrogen-bond donors (Lipinski definition) is 1. The molecule has 10 nitrogen and oxygen atoms in total. The lowest BCUT2D eigenvalue weighted by Crippen LogP contribution is -2.35. The SMILES string of the molecule is Cc1ccc([N+](=O)[O-])c(OCC(=O)Nc2cc(S(=O)(=O)N3CCCCC3)ccc2OC(C)C)c1. The van der Waals surface area contributed by atoms with Gasteiger partial charge >= 0.3 is 5.69 Å². The molecule has 0 unspecified atom stereocenters. The van der Waals surface area contributed by atoms with Gasteiger partial charge in [0.05, 0.1) is 21.6 Å². The summed E-state index contributed by atoms with van der Waals surface area (Å²) in [5, 5.41) is 13.8. The fourth-order valence-electron chi connectivity index (χ4n) is 3.60. The highest BCUT2D eigenvalue weighted by atomic mass is 32.2. The van der Waals surface area contributed by atoms with Gasteiger partial charge < -0.3 is 14.8 Å². The van der Waals surface area contributed by atoms with Crippen molar-refractivity contribution in [2.45, 2.75) is 51.0 Å². The molecule has 1 amide bonds. The topological polar surface area (TPSA) is 128 Å². The molecule has 1 heterocycles. The number of hydrogen-bond acceptors (Lipinski definition) is 7. The minimum Gasteiger partial charge on any atom is -0.489 e. The van der Waals surface area contributed by atoms with Gasteiger partial charge in [-0.05, 0) is 63.4 Å². The first-order valence-corrected chi connectivity index (χ1v) is 12.5. The van der Waals surface area contributed by atoms with Gasteiger partial charge in [-0.15, -0.1) is 0 Å². The molecule has 1 fully saturated rings. The molecular formula is C23H29N3O7S. The van der Waals surface area contributed by atoms with Crippen LogP contribution in [0.4, 0.5) is 11.4 Å². The molecule has 1 aliphatic heterocycles. The summed E-state index contributed by atoms with van der Waals surface area (Å²) in [4.78, 5) is 23.3. The lowest BCUT2D eigenvalue weighted by Gasteiger charge is -2.26. The number of amides is 1. The number of carbonyl (C=O) groups excluding carboxylic acids is 1. The van der Waals surface area contributed by atoms with Crippen molar-refractivity contribution in [3.8, 4) is 11.5 Å². The number of rotatable bonds is 9. The standard InChI is InChI=1S/C23H29N3O7S/c1-16(2)33-21-10-8-18(34(30,31)25-11-5-4-6-12-25)14-19(21)24-23(27)15-32-22-13-17(3)7-9-20(22)26(28)29/h7-10,13-14,16H,4-6,11-12,15H2,1-3H3,(H,24,27). The van der Waals surface area contributed by atoms with Crippen LogP contribution in [0.3, 0.4) is 0 Å². The predicted molar refractivity (Wildman–Crippen MR) is 127 cm³/mol. The highest BCUT2D eigenvalue weighted by Gasteiger charge is 2.27. The average molecular weight is 492 g/mol. The van der Waals surface area contributed by atoms with Crippen LogP contribution in [0, 0.1) is 17.0 Å². The van der Waals surface area contributed by atoms with E-state index < -0.39 is 27.5 Å². The second-order valence-corrected chi connectivity index (χ2v) is 10.3. The number of anilines is 1. The fourth-order valence-corrected chi connectivity index (χ4v) is 5.14. The van der Waals surface area contributed by atoms with E-state index in [1.807, 2.05) is 13.8 Å². The number of ether oxygens (including phenoxy) is 2. The summed E-state index contributed by atoms with van der Waals surface area (Å²) in [5.41, 5.74) is 0.667. The second kappa shape index (κ2) is 10.8. The van der Waals surface area contributed by atoms with Crippen molar-refractivity contribution in [3.63, 3.8) is 0 Å². The average Bonchev–Trinajstić information content (AvgIpc) is 2.79. The summed E-state index contributed by atoms with van der Waals surface area (Å²) in [7, 11) is -3.72. The number of carbonyl (C=O) groups is 1.